The third-order valence-corrected chi connectivity index (χ3v) is 2.93. The fourth-order valence-corrected chi connectivity index (χ4v) is 2.33. The maximum Gasteiger partial charge on any atom is 0.126 e. The lowest BCUT2D eigenvalue weighted by Crippen LogP contribution is -1.91. The van der Waals surface area contributed by atoms with Crippen molar-refractivity contribution in [1.29, 1.82) is 0 Å². The molecule has 0 saturated carbocycles. The van der Waals surface area contributed by atoms with Crippen LogP contribution in [0.5, 0.6) is 0 Å². The van der Waals surface area contributed by atoms with E-state index >= 15 is 0 Å². The van der Waals surface area contributed by atoms with Gasteiger partial charge in [0, 0.05) is 0 Å². The molecule has 0 bridgehead atoms. The van der Waals surface area contributed by atoms with Crippen molar-refractivity contribution >= 4 is 5.78 Å². The molecule has 0 radical (unpaired) electrons. The number of carbonyl (C=O) groups excluding carboxylic acids is 1. The van der Waals surface area contributed by atoms with Crippen molar-refractivity contribution in [3.63, 3.8) is 0 Å². The number of rotatable bonds is 4. The van der Waals surface area contributed by atoms with E-state index in [2.05, 4.69) is 59.7 Å². The molecule has 21 heavy (non-hydrogen) atoms. The Balaban J connectivity index is 0. The number of benzene rings is 1. The first-order chi connectivity index (χ1) is 9.72. The van der Waals surface area contributed by atoms with Crippen molar-refractivity contribution in [2.45, 2.75) is 81.1 Å². The normalized spacial score (nSPS) is 9.38. The van der Waals surface area contributed by atoms with Crippen LogP contribution in [0.3, 0.4) is 0 Å². The molecule has 0 saturated heterocycles. The van der Waals surface area contributed by atoms with Gasteiger partial charge in [-0.15, -0.1) is 0 Å². The molecule has 1 heteroatoms. The molecular weight excluding hydrogens is 256 g/mol. The first-order valence-electron chi connectivity index (χ1n) is 8.24. The number of carbonyl (C=O) groups is 1. The van der Waals surface area contributed by atoms with Crippen LogP contribution in [0.1, 0.15) is 77.0 Å². The largest absolute Gasteiger partial charge is 0.300 e. The molecule has 0 heterocycles. The second kappa shape index (κ2) is 13.9. The minimum absolute atomic E-state index is 0.167. The molecule has 0 aliphatic heterocycles. The predicted octanol–water partition coefficient (Wildman–Crippen LogP) is 6.43. The highest BCUT2D eigenvalue weighted by molar-refractivity contribution is 5.72. The molecule has 0 spiro atoms. The number of ketones is 1. The van der Waals surface area contributed by atoms with Crippen LogP contribution in [0.2, 0.25) is 0 Å². The first kappa shape index (κ1) is 22.2. The monoisotopic (exact) mass is 292 g/mol. The average molecular weight is 293 g/mol. The maximum atomic E-state index is 9.44. The van der Waals surface area contributed by atoms with E-state index in [0.29, 0.717) is 0 Å². The molecule has 0 atom stereocenters. The van der Waals surface area contributed by atoms with Gasteiger partial charge in [0.15, 0.2) is 0 Å². The molecule has 0 aliphatic carbocycles. The van der Waals surface area contributed by atoms with Gasteiger partial charge in [0.05, 0.1) is 0 Å². The van der Waals surface area contributed by atoms with Crippen LogP contribution in [0.15, 0.2) is 18.2 Å². The van der Waals surface area contributed by atoms with Gasteiger partial charge >= 0.3 is 0 Å². The van der Waals surface area contributed by atoms with Crippen LogP contribution in [-0.2, 0) is 4.79 Å². The number of Topliss-reactive ketones (excluding diaryl/α,β-unsaturated/α-hetero) is 1. The maximum absolute atomic E-state index is 9.44. The Morgan fingerprint density at radius 1 is 0.857 bits per heavy atom. The van der Waals surface area contributed by atoms with E-state index in [9.17, 15) is 4.79 Å². The Labute approximate surface area is 133 Å². The van der Waals surface area contributed by atoms with Gasteiger partial charge in [0.1, 0.15) is 5.78 Å². The molecule has 0 N–H and O–H groups in total. The van der Waals surface area contributed by atoms with Crippen molar-refractivity contribution in [2.75, 3.05) is 0 Å². The molecule has 1 nitrogen and oxygen atoms in total. The number of hydrogen-bond acceptors (Lipinski definition) is 1. The van der Waals surface area contributed by atoms with Gasteiger partial charge in [-0.2, -0.15) is 0 Å². The third-order valence-electron chi connectivity index (χ3n) is 2.93. The van der Waals surface area contributed by atoms with Crippen molar-refractivity contribution < 1.29 is 4.79 Å². The lowest BCUT2D eigenvalue weighted by molar-refractivity contribution is -0.114. The van der Waals surface area contributed by atoms with Crippen molar-refractivity contribution in [3.8, 4) is 0 Å². The van der Waals surface area contributed by atoms with Crippen molar-refractivity contribution in [3.05, 3.63) is 34.9 Å². The van der Waals surface area contributed by atoms with Gasteiger partial charge in [-0.25, -0.2) is 0 Å². The molecular formula is C20H36O. The van der Waals surface area contributed by atoms with E-state index in [-0.39, 0.29) is 5.78 Å². The van der Waals surface area contributed by atoms with Gasteiger partial charge in [-0.1, -0.05) is 81.3 Å². The van der Waals surface area contributed by atoms with Crippen molar-refractivity contribution in [2.24, 2.45) is 5.92 Å². The van der Waals surface area contributed by atoms with Crippen LogP contribution in [0.4, 0.5) is 0 Å². The third kappa shape index (κ3) is 18.9. The van der Waals surface area contributed by atoms with E-state index in [1.807, 2.05) is 0 Å². The molecule has 122 valence electrons. The SMILES string of the molecule is CC(C)=O.CCCC(C)CCC.Cc1cc(C)cc(C)c1. The van der Waals surface area contributed by atoms with E-state index in [0.717, 1.165) is 5.92 Å². The molecule has 1 aromatic rings. The fourth-order valence-electron chi connectivity index (χ4n) is 2.33. The van der Waals surface area contributed by atoms with E-state index < -0.39 is 0 Å². The smallest absolute Gasteiger partial charge is 0.126 e. The zero-order valence-corrected chi connectivity index (χ0v) is 15.5. The van der Waals surface area contributed by atoms with Crippen LogP contribution in [0.25, 0.3) is 0 Å². The number of hydrogen-bond donors (Lipinski definition) is 0. The summed E-state index contributed by atoms with van der Waals surface area (Å²) in [4.78, 5) is 9.44. The molecule has 0 aliphatic rings. The van der Waals surface area contributed by atoms with Gasteiger partial charge in [-0.05, 0) is 40.5 Å². The van der Waals surface area contributed by atoms with Crippen LogP contribution < -0.4 is 0 Å². The molecule has 0 fully saturated rings. The summed E-state index contributed by atoms with van der Waals surface area (Å²) in [5.41, 5.74) is 4.06. The second-order valence-electron chi connectivity index (χ2n) is 6.26. The summed E-state index contributed by atoms with van der Waals surface area (Å²) >= 11 is 0. The quantitative estimate of drug-likeness (QED) is 0.625. The highest BCUT2D eigenvalue weighted by atomic mass is 16.1. The van der Waals surface area contributed by atoms with Crippen LogP contribution in [0, 0.1) is 26.7 Å². The van der Waals surface area contributed by atoms with Gasteiger partial charge in [0.2, 0.25) is 0 Å². The standard InChI is InChI=1S/C9H12.C8H18.C3H6O/c1-7-4-8(2)6-9(3)5-7;1-4-6-8(3)7-5-2;1-3(2)4/h4-6H,1-3H3;8H,4-7H2,1-3H3;1-2H3. The minimum Gasteiger partial charge on any atom is -0.300 e. The lowest BCUT2D eigenvalue weighted by atomic mass is 10.0. The number of aryl methyl sites for hydroxylation is 3. The second-order valence-corrected chi connectivity index (χ2v) is 6.26. The van der Waals surface area contributed by atoms with E-state index in [1.165, 1.54) is 56.2 Å². The van der Waals surface area contributed by atoms with E-state index in [4.69, 9.17) is 0 Å². The Kier molecular flexibility index (Phi) is 14.6. The van der Waals surface area contributed by atoms with Gasteiger partial charge < -0.3 is 4.79 Å². The molecule has 0 aromatic heterocycles. The topological polar surface area (TPSA) is 17.1 Å². The first-order valence-corrected chi connectivity index (χ1v) is 8.24. The average Bonchev–Trinajstić information content (AvgIpc) is 2.27. The highest BCUT2D eigenvalue weighted by Crippen LogP contribution is 2.10. The Morgan fingerprint density at radius 2 is 1.10 bits per heavy atom. The summed E-state index contributed by atoms with van der Waals surface area (Å²) < 4.78 is 0. The Hall–Kier alpha value is -1.11. The summed E-state index contributed by atoms with van der Waals surface area (Å²) in [7, 11) is 0. The van der Waals surface area contributed by atoms with Crippen LogP contribution in [-0.4, -0.2) is 5.78 Å². The molecule has 0 unspecified atom stereocenters. The summed E-state index contributed by atoms with van der Waals surface area (Å²) in [6.07, 6.45) is 5.52. The zero-order chi connectivity index (χ0) is 16.8. The van der Waals surface area contributed by atoms with Gasteiger partial charge in [-0.3, -0.25) is 0 Å². The summed E-state index contributed by atoms with van der Waals surface area (Å²) in [6, 6.07) is 6.56. The molecule has 1 aromatic carbocycles. The summed E-state index contributed by atoms with van der Waals surface area (Å²) in [5.74, 6) is 1.13. The van der Waals surface area contributed by atoms with Gasteiger partial charge in [0.25, 0.3) is 0 Å². The molecule has 0 amide bonds. The van der Waals surface area contributed by atoms with E-state index in [1.54, 1.807) is 0 Å². The predicted molar refractivity (Wildman–Crippen MR) is 96.0 cm³/mol. The Morgan fingerprint density at radius 3 is 1.29 bits per heavy atom. The Bertz CT molecular complexity index is 319. The van der Waals surface area contributed by atoms with Crippen LogP contribution >= 0.6 is 0 Å². The minimum atomic E-state index is 0.167. The summed E-state index contributed by atoms with van der Waals surface area (Å²) in [5, 5.41) is 0. The lowest BCUT2D eigenvalue weighted by Gasteiger charge is -2.05. The zero-order valence-electron chi connectivity index (χ0n) is 15.5. The van der Waals surface area contributed by atoms with Crippen molar-refractivity contribution in [1.82, 2.24) is 0 Å². The fraction of sp³-hybridized carbons (Fsp3) is 0.650. The highest BCUT2D eigenvalue weighted by Gasteiger charge is 1.95. The summed E-state index contributed by atoms with van der Waals surface area (Å²) in [6.45, 7) is 16.3. The molecule has 1 rings (SSSR count).